The van der Waals surface area contributed by atoms with Crippen molar-refractivity contribution < 1.29 is 9.18 Å². The summed E-state index contributed by atoms with van der Waals surface area (Å²) < 4.78 is 13.6. The highest BCUT2D eigenvalue weighted by atomic mass is 19.1. The molecule has 22 heavy (non-hydrogen) atoms. The van der Waals surface area contributed by atoms with Gasteiger partial charge >= 0.3 is 0 Å². The smallest absolute Gasteiger partial charge is 0.225 e. The number of hydrogen-bond acceptors (Lipinski definition) is 1. The molecule has 0 saturated heterocycles. The van der Waals surface area contributed by atoms with Crippen molar-refractivity contribution >= 4 is 5.91 Å². The minimum Gasteiger partial charge on any atom is -0.349 e. The van der Waals surface area contributed by atoms with Crippen molar-refractivity contribution in [1.82, 2.24) is 5.32 Å². The number of carbonyl (C=O) groups excluding carboxylic acids is 1. The average Bonchev–Trinajstić information content (AvgIpc) is 2.97. The molecule has 3 heteroatoms. The zero-order chi connectivity index (χ0) is 15.5. The van der Waals surface area contributed by atoms with Gasteiger partial charge in [-0.05, 0) is 54.5 Å². The predicted molar refractivity (Wildman–Crippen MR) is 85.1 cm³/mol. The topological polar surface area (TPSA) is 29.1 Å². The fraction of sp³-hybridized carbons (Fsp3) is 0.316. The molecule has 0 fully saturated rings. The fourth-order valence-corrected chi connectivity index (χ4v) is 3.05. The molecule has 1 aliphatic carbocycles. The Balaban J connectivity index is 1.65. The van der Waals surface area contributed by atoms with E-state index in [9.17, 15) is 9.18 Å². The molecule has 0 saturated carbocycles. The number of halogens is 1. The number of fused-ring (bicyclic) bond motifs is 1. The standard InChI is InChI=1S/C19H20FNO/c1-13(15-10-9-14-6-4-7-16(14)11-15)21-19(22)12-17-5-2-3-8-18(17)20/h2-3,5,8-11,13H,4,6-7,12H2,1H3,(H,21,22)/t13-/m0/s1. The molecule has 0 unspecified atom stereocenters. The van der Waals surface area contributed by atoms with Crippen LogP contribution in [0, 0.1) is 5.82 Å². The first-order valence-electron chi connectivity index (χ1n) is 7.78. The number of carbonyl (C=O) groups is 1. The molecule has 3 rings (SSSR count). The highest BCUT2D eigenvalue weighted by molar-refractivity contribution is 5.79. The van der Waals surface area contributed by atoms with E-state index in [1.54, 1.807) is 18.2 Å². The summed E-state index contributed by atoms with van der Waals surface area (Å²) in [6.45, 7) is 1.97. The van der Waals surface area contributed by atoms with Crippen molar-refractivity contribution in [3.63, 3.8) is 0 Å². The van der Waals surface area contributed by atoms with Crippen LogP contribution in [0.25, 0.3) is 0 Å². The molecule has 1 aliphatic rings. The van der Waals surface area contributed by atoms with Crippen LogP contribution < -0.4 is 5.32 Å². The van der Waals surface area contributed by atoms with Crippen LogP contribution in [-0.4, -0.2) is 5.91 Å². The molecule has 114 valence electrons. The summed E-state index contributed by atoms with van der Waals surface area (Å²) in [7, 11) is 0. The Bertz CT molecular complexity index is 696. The molecule has 1 atom stereocenters. The van der Waals surface area contributed by atoms with E-state index in [4.69, 9.17) is 0 Å². The molecule has 1 amide bonds. The lowest BCUT2D eigenvalue weighted by Crippen LogP contribution is -2.28. The van der Waals surface area contributed by atoms with E-state index in [-0.39, 0.29) is 24.2 Å². The van der Waals surface area contributed by atoms with Crippen LogP contribution in [0.1, 0.15) is 41.6 Å². The molecule has 2 aromatic carbocycles. The number of amides is 1. The van der Waals surface area contributed by atoms with Gasteiger partial charge in [0.05, 0.1) is 12.5 Å². The van der Waals surface area contributed by atoms with Gasteiger partial charge in [0, 0.05) is 0 Å². The summed E-state index contributed by atoms with van der Waals surface area (Å²) in [5, 5.41) is 2.96. The lowest BCUT2D eigenvalue weighted by Gasteiger charge is -2.16. The molecule has 0 spiro atoms. The van der Waals surface area contributed by atoms with Gasteiger partial charge in [0.15, 0.2) is 0 Å². The normalized spacial score (nSPS) is 14.5. The summed E-state index contributed by atoms with van der Waals surface area (Å²) in [5.74, 6) is -0.485. The predicted octanol–water partition coefficient (Wildman–Crippen LogP) is 3.73. The summed E-state index contributed by atoms with van der Waals surface area (Å²) in [5.41, 5.74) is 4.37. The first-order chi connectivity index (χ1) is 10.6. The number of hydrogen-bond donors (Lipinski definition) is 1. The van der Waals surface area contributed by atoms with Crippen LogP contribution in [0.4, 0.5) is 4.39 Å². The van der Waals surface area contributed by atoms with E-state index in [0.717, 1.165) is 18.4 Å². The van der Waals surface area contributed by atoms with Crippen LogP contribution in [0.15, 0.2) is 42.5 Å². The molecule has 1 N–H and O–H groups in total. The van der Waals surface area contributed by atoms with Gasteiger partial charge in [0.1, 0.15) is 5.82 Å². The number of nitrogens with one attached hydrogen (secondary N) is 1. The molecule has 0 bridgehead atoms. The Morgan fingerprint density at radius 2 is 1.95 bits per heavy atom. The summed E-state index contributed by atoms with van der Waals surface area (Å²) in [4.78, 5) is 12.1. The minimum atomic E-state index is -0.331. The zero-order valence-corrected chi connectivity index (χ0v) is 12.7. The molecule has 0 aromatic heterocycles. The van der Waals surface area contributed by atoms with Crippen LogP contribution in [0.5, 0.6) is 0 Å². The van der Waals surface area contributed by atoms with E-state index in [1.165, 1.54) is 23.6 Å². The maximum absolute atomic E-state index is 13.6. The molecule has 2 aromatic rings. The van der Waals surface area contributed by atoms with Crippen molar-refractivity contribution in [2.45, 2.75) is 38.6 Å². The van der Waals surface area contributed by atoms with E-state index in [2.05, 4.69) is 23.5 Å². The van der Waals surface area contributed by atoms with Gasteiger partial charge in [-0.25, -0.2) is 4.39 Å². The van der Waals surface area contributed by atoms with Gasteiger partial charge in [-0.2, -0.15) is 0 Å². The maximum atomic E-state index is 13.6. The van der Waals surface area contributed by atoms with E-state index < -0.39 is 0 Å². The lowest BCUT2D eigenvalue weighted by atomic mass is 10.0. The van der Waals surface area contributed by atoms with Crippen LogP contribution in [0.2, 0.25) is 0 Å². The third-order valence-electron chi connectivity index (χ3n) is 4.31. The van der Waals surface area contributed by atoms with E-state index in [1.807, 2.05) is 6.92 Å². The maximum Gasteiger partial charge on any atom is 0.225 e. The molecular formula is C19H20FNO. The zero-order valence-electron chi connectivity index (χ0n) is 12.7. The number of rotatable bonds is 4. The number of benzene rings is 2. The van der Waals surface area contributed by atoms with Gasteiger partial charge in [0.2, 0.25) is 5.91 Å². The van der Waals surface area contributed by atoms with E-state index in [0.29, 0.717) is 5.56 Å². The Hall–Kier alpha value is -2.16. The van der Waals surface area contributed by atoms with Gasteiger partial charge in [0.25, 0.3) is 0 Å². The fourth-order valence-electron chi connectivity index (χ4n) is 3.05. The highest BCUT2D eigenvalue weighted by Crippen LogP contribution is 2.25. The lowest BCUT2D eigenvalue weighted by molar-refractivity contribution is -0.121. The van der Waals surface area contributed by atoms with Crippen molar-refractivity contribution in [2.24, 2.45) is 0 Å². The second kappa shape index (κ2) is 6.30. The van der Waals surface area contributed by atoms with Crippen LogP contribution in [-0.2, 0) is 24.1 Å². The van der Waals surface area contributed by atoms with Crippen molar-refractivity contribution in [3.05, 3.63) is 70.5 Å². The molecule has 0 heterocycles. The van der Waals surface area contributed by atoms with Gasteiger partial charge in [-0.1, -0.05) is 36.4 Å². The first-order valence-corrected chi connectivity index (χ1v) is 7.78. The molecule has 0 radical (unpaired) electrons. The van der Waals surface area contributed by atoms with Gasteiger partial charge < -0.3 is 5.32 Å². The molecule has 2 nitrogen and oxygen atoms in total. The van der Waals surface area contributed by atoms with Gasteiger partial charge in [-0.3, -0.25) is 4.79 Å². The monoisotopic (exact) mass is 297 g/mol. The Kier molecular flexibility index (Phi) is 4.23. The molecular weight excluding hydrogens is 277 g/mol. The Labute approximate surface area is 130 Å². The average molecular weight is 297 g/mol. The van der Waals surface area contributed by atoms with Gasteiger partial charge in [-0.15, -0.1) is 0 Å². The Morgan fingerprint density at radius 1 is 1.18 bits per heavy atom. The van der Waals surface area contributed by atoms with E-state index >= 15 is 0 Å². The van der Waals surface area contributed by atoms with Crippen molar-refractivity contribution in [3.8, 4) is 0 Å². The number of aryl methyl sites for hydroxylation is 2. The summed E-state index contributed by atoms with van der Waals surface area (Å²) in [6, 6.07) is 12.8. The quantitative estimate of drug-likeness (QED) is 0.915. The minimum absolute atomic E-state index is 0.0647. The van der Waals surface area contributed by atoms with Crippen molar-refractivity contribution in [2.75, 3.05) is 0 Å². The third kappa shape index (κ3) is 3.19. The SMILES string of the molecule is C[C@H](NC(=O)Cc1ccccc1F)c1ccc2c(c1)CCC2. The van der Waals surface area contributed by atoms with Crippen molar-refractivity contribution in [1.29, 1.82) is 0 Å². The summed E-state index contributed by atoms with van der Waals surface area (Å²) >= 11 is 0. The van der Waals surface area contributed by atoms with Crippen LogP contribution >= 0.6 is 0 Å². The third-order valence-corrected chi connectivity index (χ3v) is 4.31. The first kappa shape index (κ1) is 14.8. The molecule has 0 aliphatic heterocycles. The van der Waals surface area contributed by atoms with Crippen LogP contribution in [0.3, 0.4) is 0 Å². The second-order valence-corrected chi connectivity index (χ2v) is 5.94. The highest BCUT2D eigenvalue weighted by Gasteiger charge is 2.15. The Morgan fingerprint density at radius 3 is 2.77 bits per heavy atom. The summed E-state index contributed by atoms with van der Waals surface area (Å²) in [6.07, 6.45) is 3.57. The largest absolute Gasteiger partial charge is 0.349 e. The second-order valence-electron chi connectivity index (χ2n) is 5.94.